The fourth-order valence-corrected chi connectivity index (χ4v) is 4.02. The Morgan fingerprint density at radius 3 is 2.45 bits per heavy atom. The fourth-order valence-electron chi connectivity index (χ4n) is 3.22. The Bertz CT molecular complexity index is 1130. The van der Waals surface area contributed by atoms with Crippen LogP contribution in [0.4, 0.5) is 31.2 Å². The van der Waals surface area contributed by atoms with Crippen LogP contribution in [0.25, 0.3) is 0 Å². The summed E-state index contributed by atoms with van der Waals surface area (Å²) in [5.41, 5.74) is 1.14. The molecule has 7 nitrogen and oxygen atoms in total. The molecule has 1 aliphatic rings. The number of thiophene rings is 1. The second-order valence-electron chi connectivity index (χ2n) is 6.88. The van der Waals surface area contributed by atoms with Crippen LogP contribution in [0.1, 0.15) is 22.5 Å². The molecule has 0 saturated carbocycles. The Labute approximate surface area is 181 Å². The molecule has 31 heavy (non-hydrogen) atoms. The molecule has 0 atom stereocenters. The van der Waals surface area contributed by atoms with Gasteiger partial charge < -0.3 is 15.5 Å². The average Bonchev–Trinajstić information content (AvgIpc) is 3.38. The molecule has 3 N–H and O–H groups in total. The van der Waals surface area contributed by atoms with Crippen LogP contribution in [0.3, 0.4) is 0 Å². The van der Waals surface area contributed by atoms with Gasteiger partial charge in [-0.25, -0.2) is 9.18 Å². The summed E-state index contributed by atoms with van der Waals surface area (Å²) in [6, 6.07) is 16.0. The summed E-state index contributed by atoms with van der Waals surface area (Å²) in [5.74, 6) is -1.10. The minimum atomic E-state index is -0.570. The lowest BCUT2D eigenvalue weighted by atomic mass is 10.2. The predicted octanol–water partition coefficient (Wildman–Crippen LogP) is 4.91. The maximum atomic E-state index is 14.5. The molecule has 158 valence electrons. The van der Waals surface area contributed by atoms with Crippen molar-refractivity contribution in [2.24, 2.45) is 0 Å². The summed E-state index contributed by atoms with van der Waals surface area (Å²) in [6.45, 7) is 0.490. The van der Waals surface area contributed by atoms with Gasteiger partial charge in [-0.2, -0.15) is 0 Å². The van der Waals surface area contributed by atoms with Crippen molar-refractivity contribution in [3.05, 3.63) is 71.4 Å². The van der Waals surface area contributed by atoms with Crippen molar-refractivity contribution in [2.45, 2.75) is 12.8 Å². The summed E-state index contributed by atoms with van der Waals surface area (Å²) < 4.78 is 14.5. The smallest absolute Gasteiger partial charge is 0.321 e. The molecular weight excluding hydrogens is 419 g/mol. The molecule has 0 unspecified atom stereocenters. The zero-order chi connectivity index (χ0) is 21.8. The Hall–Kier alpha value is -3.72. The third-order valence-corrected chi connectivity index (χ3v) is 5.67. The summed E-state index contributed by atoms with van der Waals surface area (Å²) in [6.07, 6.45) is 1.12. The molecule has 9 heteroatoms. The van der Waals surface area contributed by atoms with Crippen LogP contribution < -0.4 is 20.9 Å². The molecule has 1 aliphatic heterocycles. The van der Waals surface area contributed by atoms with Gasteiger partial charge in [0.15, 0.2) is 0 Å². The van der Waals surface area contributed by atoms with Gasteiger partial charge in [0.25, 0.3) is 5.91 Å². The minimum Gasteiger partial charge on any atom is -0.321 e. The minimum absolute atomic E-state index is 0.106. The summed E-state index contributed by atoms with van der Waals surface area (Å²) in [5, 5.41) is 8.49. The molecule has 1 fully saturated rings. The molecule has 0 bridgehead atoms. The third-order valence-electron chi connectivity index (χ3n) is 4.67. The van der Waals surface area contributed by atoms with Gasteiger partial charge in [0, 0.05) is 24.3 Å². The van der Waals surface area contributed by atoms with Crippen molar-refractivity contribution in [2.75, 3.05) is 27.4 Å². The largest absolute Gasteiger partial charge is 0.324 e. The average molecular weight is 438 g/mol. The molecule has 0 radical (unpaired) electrons. The normalized spacial score (nSPS) is 13.2. The van der Waals surface area contributed by atoms with E-state index in [0.29, 0.717) is 35.0 Å². The Balaban J connectivity index is 1.37. The highest BCUT2D eigenvalue weighted by atomic mass is 32.1. The molecule has 0 aliphatic carbocycles. The van der Waals surface area contributed by atoms with Gasteiger partial charge in [-0.05, 0) is 48.9 Å². The lowest BCUT2D eigenvalue weighted by molar-refractivity contribution is -0.117. The monoisotopic (exact) mass is 438 g/mol. The van der Waals surface area contributed by atoms with E-state index < -0.39 is 17.8 Å². The first-order chi connectivity index (χ1) is 15.0. The predicted molar refractivity (Wildman–Crippen MR) is 119 cm³/mol. The van der Waals surface area contributed by atoms with E-state index in [1.807, 2.05) is 18.2 Å². The van der Waals surface area contributed by atoms with Crippen molar-refractivity contribution in [1.29, 1.82) is 0 Å². The second-order valence-corrected chi connectivity index (χ2v) is 7.96. The van der Waals surface area contributed by atoms with E-state index in [1.165, 1.54) is 17.0 Å². The summed E-state index contributed by atoms with van der Waals surface area (Å²) in [7, 11) is 0. The van der Waals surface area contributed by atoms with Crippen molar-refractivity contribution < 1.29 is 18.8 Å². The number of para-hydroxylation sites is 1. The zero-order valence-corrected chi connectivity index (χ0v) is 17.2. The van der Waals surface area contributed by atoms with Crippen molar-refractivity contribution >= 4 is 51.2 Å². The Morgan fingerprint density at radius 1 is 0.935 bits per heavy atom. The van der Waals surface area contributed by atoms with Crippen LogP contribution >= 0.6 is 11.3 Å². The molecule has 4 rings (SSSR count). The van der Waals surface area contributed by atoms with E-state index in [9.17, 15) is 18.8 Å². The van der Waals surface area contributed by atoms with Crippen LogP contribution in [-0.2, 0) is 4.79 Å². The molecular formula is C22H19FN4O3S. The van der Waals surface area contributed by atoms with Gasteiger partial charge in [0.2, 0.25) is 5.91 Å². The van der Waals surface area contributed by atoms with Crippen molar-refractivity contribution in [3.8, 4) is 0 Å². The van der Waals surface area contributed by atoms with Crippen LogP contribution in [0.15, 0.2) is 60.7 Å². The number of amides is 4. The number of urea groups is 1. The summed E-state index contributed by atoms with van der Waals surface area (Å²) in [4.78, 5) is 38.1. The standard InChI is InChI=1S/C22H19FN4O3S/c23-16-13-15(8-9-17(16)27-12-4-7-20(27)28)24-21(29)18-10-11-19(31-18)26-22(30)25-14-5-2-1-3-6-14/h1-3,5-6,8-11,13H,4,7,12H2,(H,24,29)(H2,25,26,30). The van der Waals surface area contributed by atoms with Crippen LogP contribution in [0.2, 0.25) is 0 Å². The number of rotatable bonds is 5. The molecule has 2 aromatic carbocycles. The number of nitrogens with zero attached hydrogens (tertiary/aromatic N) is 1. The molecule has 3 aromatic rings. The van der Waals surface area contributed by atoms with Gasteiger partial charge in [-0.3, -0.25) is 14.9 Å². The number of halogens is 1. The first kappa shape index (κ1) is 20.5. The number of carbonyl (C=O) groups excluding carboxylic acids is 3. The molecule has 0 spiro atoms. The number of nitrogens with one attached hydrogen (secondary N) is 3. The van der Waals surface area contributed by atoms with Gasteiger partial charge in [-0.1, -0.05) is 18.2 Å². The van der Waals surface area contributed by atoms with E-state index in [-0.39, 0.29) is 17.3 Å². The van der Waals surface area contributed by atoms with Crippen molar-refractivity contribution in [3.63, 3.8) is 0 Å². The maximum absolute atomic E-state index is 14.5. The lowest BCUT2D eigenvalue weighted by Gasteiger charge is -2.17. The Morgan fingerprint density at radius 2 is 1.74 bits per heavy atom. The first-order valence-corrected chi connectivity index (χ1v) is 10.5. The van der Waals surface area contributed by atoms with Gasteiger partial charge >= 0.3 is 6.03 Å². The highest BCUT2D eigenvalue weighted by molar-refractivity contribution is 7.18. The number of benzene rings is 2. The van der Waals surface area contributed by atoms with Gasteiger partial charge in [-0.15, -0.1) is 11.3 Å². The van der Waals surface area contributed by atoms with Gasteiger partial charge in [0.1, 0.15) is 5.82 Å². The second kappa shape index (κ2) is 8.97. The highest BCUT2D eigenvalue weighted by Gasteiger charge is 2.24. The molecule has 2 heterocycles. The number of anilines is 4. The molecule has 4 amide bonds. The maximum Gasteiger partial charge on any atom is 0.324 e. The third kappa shape index (κ3) is 4.89. The first-order valence-electron chi connectivity index (χ1n) is 9.64. The SMILES string of the molecule is O=C(Nc1ccccc1)Nc1ccc(C(=O)Nc2ccc(N3CCCC3=O)c(F)c2)s1. The topological polar surface area (TPSA) is 90.5 Å². The summed E-state index contributed by atoms with van der Waals surface area (Å²) >= 11 is 1.10. The van der Waals surface area contributed by atoms with E-state index in [2.05, 4.69) is 16.0 Å². The van der Waals surface area contributed by atoms with Crippen LogP contribution in [-0.4, -0.2) is 24.4 Å². The van der Waals surface area contributed by atoms with E-state index in [1.54, 1.807) is 30.3 Å². The van der Waals surface area contributed by atoms with E-state index in [4.69, 9.17) is 0 Å². The van der Waals surface area contributed by atoms with Crippen molar-refractivity contribution in [1.82, 2.24) is 0 Å². The number of carbonyl (C=O) groups is 3. The molecule has 1 saturated heterocycles. The van der Waals surface area contributed by atoms with E-state index >= 15 is 0 Å². The number of hydrogen-bond donors (Lipinski definition) is 3. The quantitative estimate of drug-likeness (QED) is 0.529. The zero-order valence-electron chi connectivity index (χ0n) is 16.4. The molecule has 1 aromatic heterocycles. The fraction of sp³-hybridized carbons (Fsp3) is 0.136. The van der Waals surface area contributed by atoms with E-state index in [0.717, 1.165) is 11.3 Å². The lowest BCUT2D eigenvalue weighted by Crippen LogP contribution is -2.24. The Kier molecular flexibility index (Phi) is 5.94. The number of hydrogen-bond acceptors (Lipinski definition) is 4. The van der Waals surface area contributed by atoms with Gasteiger partial charge in [0.05, 0.1) is 15.6 Å². The van der Waals surface area contributed by atoms with Crippen LogP contribution in [0, 0.1) is 5.82 Å². The van der Waals surface area contributed by atoms with Crippen LogP contribution in [0.5, 0.6) is 0 Å². The highest BCUT2D eigenvalue weighted by Crippen LogP contribution is 2.28.